The number of hydrogen-bond donors (Lipinski definition) is 0. The molecule has 0 spiro atoms. The standard InChI is InChI=1S/C11H19N3S/c1-9(2)13-4-6-14(7-5-13)11-8-12-10(3)15-11/h8-9H,4-7H2,1-3H3. The Morgan fingerprint density at radius 1 is 1.27 bits per heavy atom. The van der Waals surface area contributed by atoms with Crippen molar-refractivity contribution in [3.8, 4) is 0 Å². The van der Waals surface area contributed by atoms with Gasteiger partial charge >= 0.3 is 0 Å². The lowest BCUT2D eigenvalue weighted by Gasteiger charge is -2.37. The summed E-state index contributed by atoms with van der Waals surface area (Å²) in [4.78, 5) is 9.29. The molecule has 0 N–H and O–H groups in total. The molecule has 84 valence electrons. The van der Waals surface area contributed by atoms with Crippen molar-refractivity contribution in [3.63, 3.8) is 0 Å². The SMILES string of the molecule is Cc1ncc(N2CCN(C(C)C)CC2)s1. The molecule has 0 atom stereocenters. The van der Waals surface area contributed by atoms with Gasteiger partial charge < -0.3 is 4.90 Å². The lowest BCUT2D eigenvalue weighted by molar-refractivity contribution is 0.209. The summed E-state index contributed by atoms with van der Waals surface area (Å²) >= 11 is 1.80. The molecule has 0 aromatic carbocycles. The van der Waals surface area contributed by atoms with Crippen LogP contribution in [0.25, 0.3) is 0 Å². The van der Waals surface area contributed by atoms with Crippen molar-refractivity contribution in [2.75, 3.05) is 31.1 Å². The van der Waals surface area contributed by atoms with Gasteiger partial charge in [0.25, 0.3) is 0 Å². The summed E-state index contributed by atoms with van der Waals surface area (Å²) in [5.41, 5.74) is 0. The number of hydrogen-bond acceptors (Lipinski definition) is 4. The molecule has 0 bridgehead atoms. The van der Waals surface area contributed by atoms with E-state index in [0.717, 1.165) is 18.1 Å². The summed E-state index contributed by atoms with van der Waals surface area (Å²) in [6.07, 6.45) is 2.00. The first-order valence-electron chi connectivity index (χ1n) is 5.58. The predicted molar refractivity (Wildman–Crippen MR) is 65.8 cm³/mol. The monoisotopic (exact) mass is 225 g/mol. The highest BCUT2D eigenvalue weighted by atomic mass is 32.1. The van der Waals surface area contributed by atoms with Gasteiger partial charge in [0.1, 0.15) is 5.00 Å². The molecule has 0 aliphatic carbocycles. The minimum absolute atomic E-state index is 0.676. The van der Waals surface area contributed by atoms with Crippen LogP contribution in [0.1, 0.15) is 18.9 Å². The Bertz CT molecular complexity index is 313. The van der Waals surface area contributed by atoms with Crippen LogP contribution in [0.4, 0.5) is 5.00 Å². The molecule has 1 saturated heterocycles. The second kappa shape index (κ2) is 4.49. The number of aryl methyl sites for hydroxylation is 1. The summed E-state index contributed by atoms with van der Waals surface area (Å²) < 4.78 is 0. The molecule has 0 amide bonds. The van der Waals surface area contributed by atoms with Crippen molar-refractivity contribution in [3.05, 3.63) is 11.2 Å². The van der Waals surface area contributed by atoms with Gasteiger partial charge in [0.05, 0.1) is 11.2 Å². The van der Waals surface area contributed by atoms with Crippen molar-refractivity contribution >= 4 is 16.3 Å². The summed E-state index contributed by atoms with van der Waals surface area (Å²) in [5.74, 6) is 0. The van der Waals surface area contributed by atoms with Gasteiger partial charge in [-0.15, -0.1) is 11.3 Å². The van der Waals surface area contributed by atoms with Gasteiger partial charge in [0, 0.05) is 32.2 Å². The Morgan fingerprint density at radius 2 is 1.93 bits per heavy atom. The van der Waals surface area contributed by atoms with Gasteiger partial charge in [-0.05, 0) is 20.8 Å². The number of aromatic nitrogens is 1. The van der Waals surface area contributed by atoms with Gasteiger partial charge in [-0.3, -0.25) is 4.90 Å². The maximum absolute atomic E-state index is 4.31. The highest BCUT2D eigenvalue weighted by molar-refractivity contribution is 7.15. The van der Waals surface area contributed by atoms with Crippen molar-refractivity contribution in [1.82, 2.24) is 9.88 Å². The largest absolute Gasteiger partial charge is 0.360 e. The lowest BCUT2D eigenvalue weighted by atomic mass is 10.2. The molecule has 2 heterocycles. The van der Waals surface area contributed by atoms with Crippen molar-refractivity contribution < 1.29 is 0 Å². The van der Waals surface area contributed by atoms with E-state index in [1.165, 1.54) is 18.1 Å². The number of piperazine rings is 1. The molecule has 3 nitrogen and oxygen atoms in total. The van der Waals surface area contributed by atoms with Crippen LogP contribution in [0.3, 0.4) is 0 Å². The molecule has 2 rings (SSSR count). The van der Waals surface area contributed by atoms with Gasteiger partial charge in [0.2, 0.25) is 0 Å². The van der Waals surface area contributed by atoms with E-state index in [0.29, 0.717) is 6.04 Å². The summed E-state index contributed by atoms with van der Waals surface area (Å²) in [6, 6.07) is 0.676. The lowest BCUT2D eigenvalue weighted by Crippen LogP contribution is -2.48. The zero-order valence-electron chi connectivity index (χ0n) is 9.73. The highest BCUT2D eigenvalue weighted by Gasteiger charge is 2.19. The van der Waals surface area contributed by atoms with Gasteiger partial charge in [-0.2, -0.15) is 0 Å². The Hall–Kier alpha value is -0.610. The molecule has 1 aliphatic heterocycles. The fraction of sp³-hybridized carbons (Fsp3) is 0.727. The van der Waals surface area contributed by atoms with E-state index in [4.69, 9.17) is 0 Å². The van der Waals surface area contributed by atoms with E-state index >= 15 is 0 Å². The summed E-state index contributed by atoms with van der Waals surface area (Å²) in [5, 5.41) is 2.49. The number of rotatable bonds is 2. The Balaban J connectivity index is 1.93. The topological polar surface area (TPSA) is 19.4 Å². The summed E-state index contributed by atoms with van der Waals surface area (Å²) in [7, 11) is 0. The van der Waals surface area contributed by atoms with Crippen LogP contribution in [0.2, 0.25) is 0 Å². The molecular weight excluding hydrogens is 206 g/mol. The van der Waals surface area contributed by atoms with E-state index in [1.54, 1.807) is 11.3 Å². The third-order valence-corrected chi connectivity index (χ3v) is 3.94. The van der Waals surface area contributed by atoms with Crippen LogP contribution < -0.4 is 4.90 Å². The quantitative estimate of drug-likeness (QED) is 0.767. The first-order chi connectivity index (χ1) is 7.16. The Morgan fingerprint density at radius 3 is 2.40 bits per heavy atom. The van der Waals surface area contributed by atoms with Crippen LogP contribution in [0.15, 0.2) is 6.20 Å². The van der Waals surface area contributed by atoms with Crippen LogP contribution in [0, 0.1) is 6.92 Å². The van der Waals surface area contributed by atoms with Gasteiger partial charge in [-0.25, -0.2) is 4.98 Å². The molecule has 0 unspecified atom stereocenters. The Labute approximate surface area is 95.7 Å². The molecular formula is C11H19N3S. The van der Waals surface area contributed by atoms with Crippen LogP contribution >= 0.6 is 11.3 Å². The predicted octanol–water partition coefficient (Wildman–Crippen LogP) is 1.98. The first-order valence-corrected chi connectivity index (χ1v) is 6.40. The van der Waals surface area contributed by atoms with Crippen molar-refractivity contribution in [2.24, 2.45) is 0 Å². The maximum Gasteiger partial charge on any atom is 0.111 e. The third kappa shape index (κ3) is 2.49. The molecule has 0 radical (unpaired) electrons. The van der Waals surface area contributed by atoms with Gasteiger partial charge in [-0.1, -0.05) is 0 Å². The van der Waals surface area contributed by atoms with E-state index in [-0.39, 0.29) is 0 Å². The van der Waals surface area contributed by atoms with Crippen molar-refractivity contribution in [1.29, 1.82) is 0 Å². The minimum atomic E-state index is 0.676. The van der Waals surface area contributed by atoms with Gasteiger partial charge in [0.15, 0.2) is 0 Å². The molecule has 4 heteroatoms. The van der Waals surface area contributed by atoms with E-state index in [9.17, 15) is 0 Å². The first kappa shape index (κ1) is 10.9. The zero-order chi connectivity index (χ0) is 10.8. The average molecular weight is 225 g/mol. The van der Waals surface area contributed by atoms with E-state index < -0.39 is 0 Å². The van der Waals surface area contributed by atoms with Crippen LogP contribution in [-0.2, 0) is 0 Å². The highest BCUT2D eigenvalue weighted by Crippen LogP contribution is 2.24. The number of anilines is 1. The minimum Gasteiger partial charge on any atom is -0.360 e. The molecule has 1 aliphatic rings. The second-order valence-corrected chi connectivity index (χ2v) is 5.55. The van der Waals surface area contributed by atoms with Crippen LogP contribution in [-0.4, -0.2) is 42.1 Å². The van der Waals surface area contributed by atoms with Crippen molar-refractivity contribution in [2.45, 2.75) is 26.8 Å². The van der Waals surface area contributed by atoms with E-state index in [2.05, 4.69) is 35.6 Å². The zero-order valence-corrected chi connectivity index (χ0v) is 10.5. The number of nitrogens with zero attached hydrogens (tertiary/aromatic N) is 3. The smallest absolute Gasteiger partial charge is 0.111 e. The fourth-order valence-electron chi connectivity index (χ4n) is 1.96. The Kier molecular flexibility index (Phi) is 3.26. The molecule has 1 aromatic rings. The maximum atomic E-state index is 4.31. The molecule has 15 heavy (non-hydrogen) atoms. The molecule has 1 fully saturated rings. The normalized spacial score (nSPS) is 18.8. The second-order valence-electron chi connectivity index (χ2n) is 4.33. The summed E-state index contributed by atoms with van der Waals surface area (Å²) in [6.45, 7) is 11.2. The molecule has 0 saturated carbocycles. The van der Waals surface area contributed by atoms with Crippen LogP contribution in [0.5, 0.6) is 0 Å². The van der Waals surface area contributed by atoms with E-state index in [1.807, 2.05) is 6.20 Å². The number of thiazole rings is 1. The fourth-order valence-corrected chi connectivity index (χ4v) is 2.78. The molecule has 1 aromatic heterocycles. The average Bonchev–Trinajstić information content (AvgIpc) is 2.65. The third-order valence-electron chi connectivity index (χ3n) is 2.97.